The number of benzene rings is 2. The van der Waals surface area contributed by atoms with Crippen LogP contribution in [0.1, 0.15) is 24.1 Å². The van der Waals surface area contributed by atoms with E-state index in [-0.39, 0.29) is 0 Å². The molecule has 0 aliphatic heterocycles. The van der Waals surface area contributed by atoms with Crippen molar-refractivity contribution in [2.75, 3.05) is 0 Å². The van der Waals surface area contributed by atoms with E-state index < -0.39 is 0 Å². The molecule has 20 heavy (non-hydrogen) atoms. The number of hydrogen-bond donors (Lipinski definition) is 1. The zero-order chi connectivity index (χ0) is 13.9. The second-order valence-electron chi connectivity index (χ2n) is 5.23. The zero-order valence-corrected chi connectivity index (χ0v) is 11.9. The predicted molar refractivity (Wildman–Crippen MR) is 82.4 cm³/mol. The first-order valence-corrected chi connectivity index (χ1v) is 6.92. The molecule has 2 aromatic carbocycles. The van der Waals surface area contributed by atoms with E-state index in [1.54, 1.807) is 0 Å². The molecule has 0 aliphatic carbocycles. The van der Waals surface area contributed by atoms with Crippen LogP contribution in [0.3, 0.4) is 0 Å². The largest absolute Gasteiger partial charge is 0.306 e. The van der Waals surface area contributed by atoms with Crippen molar-refractivity contribution in [3.8, 4) is 0 Å². The van der Waals surface area contributed by atoms with E-state index in [1.165, 1.54) is 21.9 Å². The van der Waals surface area contributed by atoms with Gasteiger partial charge in [0.15, 0.2) is 0 Å². The van der Waals surface area contributed by atoms with E-state index in [1.807, 2.05) is 24.1 Å². The number of aromatic nitrogens is 2. The second-order valence-corrected chi connectivity index (χ2v) is 5.23. The Morgan fingerprint density at radius 1 is 1.15 bits per heavy atom. The van der Waals surface area contributed by atoms with E-state index in [0.717, 1.165) is 6.54 Å². The van der Waals surface area contributed by atoms with Crippen molar-refractivity contribution in [1.29, 1.82) is 0 Å². The molecule has 3 heteroatoms. The molecule has 0 amide bonds. The van der Waals surface area contributed by atoms with Gasteiger partial charge in [0.1, 0.15) is 0 Å². The van der Waals surface area contributed by atoms with Crippen LogP contribution in [0, 0.1) is 0 Å². The Morgan fingerprint density at radius 2 is 1.95 bits per heavy atom. The standard InChI is InChI=1S/C17H19N3/c1-13(18-10-14-11-19-20(2)12-14)16-8-7-15-5-3-4-6-17(15)9-16/h3-9,11-13,18H,10H2,1-2H3/t13-/m0/s1. The number of hydrogen-bond acceptors (Lipinski definition) is 2. The average Bonchev–Trinajstić information content (AvgIpc) is 2.90. The highest BCUT2D eigenvalue weighted by atomic mass is 15.2. The maximum absolute atomic E-state index is 4.18. The maximum atomic E-state index is 4.18. The maximum Gasteiger partial charge on any atom is 0.0534 e. The van der Waals surface area contributed by atoms with E-state index in [4.69, 9.17) is 0 Å². The third kappa shape index (κ3) is 2.73. The molecule has 0 bridgehead atoms. The molecule has 1 aromatic heterocycles. The van der Waals surface area contributed by atoms with Gasteiger partial charge in [0, 0.05) is 31.4 Å². The topological polar surface area (TPSA) is 29.9 Å². The van der Waals surface area contributed by atoms with Crippen molar-refractivity contribution in [2.45, 2.75) is 19.5 Å². The molecule has 0 radical (unpaired) electrons. The molecule has 3 aromatic rings. The number of rotatable bonds is 4. The molecule has 1 heterocycles. The summed E-state index contributed by atoms with van der Waals surface area (Å²) in [6.45, 7) is 3.03. The first-order valence-electron chi connectivity index (χ1n) is 6.92. The lowest BCUT2D eigenvalue weighted by Crippen LogP contribution is -2.17. The molecule has 102 valence electrons. The summed E-state index contributed by atoms with van der Waals surface area (Å²) < 4.78 is 1.83. The summed E-state index contributed by atoms with van der Waals surface area (Å²) in [5.41, 5.74) is 2.52. The summed E-state index contributed by atoms with van der Waals surface area (Å²) in [6, 6.07) is 15.4. The molecule has 3 nitrogen and oxygen atoms in total. The Bertz CT molecular complexity index is 715. The Hall–Kier alpha value is -2.13. The highest BCUT2D eigenvalue weighted by Crippen LogP contribution is 2.20. The van der Waals surface area contributed by atoms with Gasteiger partial charge < -0.3 is 5.32 Å². The molecular weight excluding hydrogens is 246 g/mol. The van der Waals surface area contributed by atoms with Gasteiger partial charge in [-0.05, 0) is 29.3 Å². The van der Waals surface area contributed by atoms with Crippen LogP contribution in [0.2, 0.25) is 0 Å². The van der Waals surface area contributed by atoms with Gasteiger partial charge in [0.2, 0.25) is 0 Å². The molecule has 1 atom stereocenters. The fourth-order valence-corrected chi connectivity index (χ4v) is 2.43. The van der Waals surface area contributed by atoms with Crippen LogP contribution in [0.15, 0.2) is 54.9 Å². The van der Waals surface area contributed by atoms with Crippen molar-refractivity contribution < 1.29 is 0 Å². The van der Waals surface area contributed by atoms with Crippen molar-refractivity contribution in [1.82, 2.24) is 15.1 Å². The Kier molecular flexibility index (Phi) is 3.52. The monoisotopic (exact) mass is 265 g/mol. The molecule has 0 spiro atoms. The predicted octanol–water partition coefficient (Wildman–Crippen LogP) is 3.42. The number of aryl methyl sites for hydroxylation is 1. The fraction of sp³-hybridized carbons (Fsp3) is 0.235. The molecule has 0 fully saturated rings. The number of nitrogens with zero attached hydrogens (tertiary/aromatic N) is 2. The van der Waals surface area contributed by atoms with Crippen LogP contribution in [-0.4, -0.2) is 9.78 Å². The van der Waals surface area contributed by atoms with Crippen molar-refractivity contribution in [3.63, 3.8) is 0 Å². The summed E-state index contributed by atoms with van der Waals surface area (Å²) in [6.07, 6.45) is 3.94. The zero-order valence-electron chi connectivity index (χ0n) is 11.9. The van der Waals surface area contributed by atoms with Gasteiger partial charge in [0.25, 0.3) is 0 Å². The second kappa shape index (κ2) is 5.47. The number of fused-ring (bicyclic) bond motifs is 1. The average molecular weight is 265 g/mol. The summed E-state index contributed by atoms with van der Waals surface area (Å²) in [5.74, 6) is 0. The van der Waals surface area contributed by atoms with Gasteiger partial charge in [-0.1, -0.05) is 36.4 Å². The lowest BCUT2D eigenvalue weighted by molar-refractivity contribution is 0.575. The van der Waals surface area contributed by atoms with Gasteiger partial charge in [0.05, 0.1) is 6.20 Å². The highest BCUT2D eigenvalue weighted by Gasteiger charge is 2.06. The Balaban J connectivity index is 1.73. The van der Waals surface area contributed by atoms with E-state index >= 15 is 0 Å². The van der Waals surface area contributed by atoms with E-state index in [9.17, 15) is 0 Å². The van der Waals surface area contributed by atoms with Crippen molar-refractivity contribution in [3.05, 3.63) is 66.0 Å². The van der Waals surface area contributed by atoms with Crippen LogP contribution >= 0.6 is 0 Å². The minimum Gasteiger partial charge on any atom is -0.306 e. The van der Waals surface area contributed by atoms with Gasteiger partial charge in [-0.15, -0.1) is 0 Å². The molecule has 0 saturated carbocycles. The van der Waals surface area contributed by atoms with Gasteiger partial charge in [-0.3, -0.25) is 4.68 Å². The van der Waals surface area contributed by atoms with Crippen LogP contribution in [0.5, 0.6) is 0 Å². The molecule has 0 aliphatic rings. The summed E-state index contributed by atoms with van der Waals surface area (Å²) >= 11 is 0. The Labute approximate surface area is 119 Å². The van der Waals surface area contributed by atoms with Gasteiger partial charge in [-0.25, -0.2) is 0 Å². The van der Waals surface area contributed by atoms with Crippen LogP contribution in [0.25, 0.3) is 10.8 Å². The summed E-state index contributed by atoms with van der Waals surface area (Å²) in [5, 5.41) is 10.3. The van der Waals surface area contributed by atoms with Crippen LogP contribution < -0.4 is 5.32 Å². The first kappa shape index (κ1) is 12.9. The summed E-state index contributed by atoms with van der Waals surface area (Å²) in [4.78, 5) is 0. The minimum absolute atomic E-state index is 0.319. The van der Waals surface area contributed by atoms with Gasteiger partial charge >= 0.3 is 0 Å². The lowest BCUT2D eigenvalue weighted by Gasteiger charge is -2.14. The van der Waals surface area contributed by atoms with Gasteiger partial charge in [-0.2, -0.15) is 5.10 Å². The number of nitrogens with one attached hydrogen (secondary N) is 1. The highest BCUT2D eigenvalue weighted by molar-refractivity contribution is 5.83. The molecular formula is C17H19N3. The third-order valence-electron chi connectivity index (χ3n) is 3.64. The quantitative estimate of drug-likeness (QED) is 0.783. The van der Waals surface area contributed by atoms with Crippen molar-refractivity contribution >= 4 is 10.8 Å². The van der Waals surface area contributed by atoms with E-state index in [2.05, 4.69) is 59.8 Å². The fourth-order valence-electron chi connectivity index (χ4n) is 2.43. The Morgan fingerprint density at radius 3 is 2.70 bits per heavy atom. The summed E-state index contributed by atoms with van der Waals surface area (Å²) in [7, 11) is 1.94. The minimum atomic E-state index is 0.319. The third-order valence-corrected chi connectivity index (χ3v) is 3.64. The smallest absolute Gasteiger partial charge is 0.0534 e. The molecule has 1 N–H and O–H groups in total. The normalized spacial score (nSPS) is 12.7. The molecule has 0 saturated heterocycles. The first-order chi connectivity index (χ1) is 9.72. The van der Waals surface area contributed by atoms with Crippen molar-refractivity contribution in [2.24, 2.45) is 7.05 Å². The SMILES string of the molecule is C[C@H](NCc1cnn(C)c1)c1ccc2ccccc2c1. The molecule has 0 unspecified atom stereocenters. The lowest BCUT2D eigenvalue weighted by atomic mass is 10.0. The van der Waals surface area contributed by atoms with Crippen LogP contribution in [-0.2, 0) is 13.6 Å². The molecule has 3 rings (SSSR count). The van der Waals surface area contributed by atoms with Crippen LogP contribution in [0.4, 0.5) is 0 Å². The van der Waals surface area contributed by atoms with E-state index in [0.29, 0.717) is 6.04 Å².